The quantitative estimate of drug-likeness (QED) is 0.766. The van der Waals surface area contributed by atoms with Crippen LogP contribution >= 0.6 is 17.0 Å². The number of rotatable bonds is 3. The summed E-state index contributed by atoms with van der Waals surface area (Å²) in [6.45, 7) is 3.42. The van der Waals surface area contributed by atoms with E-state index in [2.05, 4.69) is 0 Å². The Bertz CT molecular complexity index is 227. The zero-order chi connectivity index (χ0) is 10.2. The van der Waals surface area contributed by atoms with Gasteiger partial charge in [-0.3, -0.25) is 0 Å². The van der Waals surface area contributed by atoms with Crippen LogP contribution in [0.1, 0.15) is 0 Å². The summed E-state index contributed by atoms with van der Waals surface area (Å²) in [5.41, 5.74) is 10.1. The van der Waals surface area contributed by atoms with Crippen LogP contribution in [0.2, 0.25) is 13.1 Å². The monoisotopic (exact) mass is 307 g/mol. The van der Waals surface area contributed by atoms with Gasteiger partial charge in [0.15, 0.2) is 0 Å². The van der Waals surface area contributed by atoms with E-state index in [1.54, 1.807) is 13.1 Å². The molecule has 0 rings (SSSR count). The van der Waals surface area contributed by atoms with Crippen LogP contribution in [0.25, 0.3) is 0 Å². The molecule has 2 amide bonds. The van der Waals surface area contributed by atoms with Crippen LogP contribution < -0.4 is 11.5 Å². The fraction of sp³-hybridized carbons (Fsp3) is 0.500. The Morgan fingerprint density at radius 2 is 1.42 bits per heavy atom. The third-order valence-electron chi connectivity index (χ3n) is 1.92. The van der Waals surface area contributed by atoms with Crippen LogP contribution in [0.5, 0.6) is 0 Å². The van der Waals surface area contributed by atoms with E-state index in [-0.39, 0.29) is 0 Å². The van der Waals surface area contributed by atoms with Crippen LogP contribution in [0.4, 0.5) is 9.59 Å². The number of hydrogen-bond donors (Lipinski definition) is 2. The summed E-state index contributed by atoms with van der Waals surface area (Å²) in [7, 11) is 11.8. The number of carbonyl (C=O) groups is 2. The molecule has 71 valence electrons. The summed E-state index contributed by atoms with van der Waals surface area (Å²) in [6.07, 6.45) is 0. The van der Waals surface area contributed by atoms with Gasteiger partial charge in [-0.1, -0.05) is 0 Å². The van der Waals surface area contributed by atoms with Gasteiger partial charge in [-0.2, -0.15) is 0 Å². The maximum atomic E-state index is 11.0. The average Bonchev–Trinajstić information content (AvgIpc) is 1.86. The second-order valence-electron chi connectivity index (χ2n) is 2.96. The van der Waals surface area contributed by atoms with E-state index >= 15 is 0 Å². The van der Waals surface area contributed by atoms with Crippen LogP contribution in [0.3, 0.4) is 0 Å². The first-order chi connectivity index (χ1) is 5.13. The van der Waals surface area contributed by atoms with E-state index in [0.717, 1.165) is 0 Å². The first kappa shape index (κ1) is 12.6. The van der Waals surface area contributed by atoms with Gasteiger partial charge in [0.2, 0.25) is 0 Å². The van der Waals surface area contributed by atoms with Gasteiger partial charge in [-0.05, 0) is 0 Å². The van der Waals surface area contributed by atoms with Gasteiger partial charge in [0.05, 0.1) is 0 Å². The molecule has 0 atom stereocenters. The Labute approximate surface area is 79.4 Å². The third-order valence-corrected chi connectivity index (χ3v) is 46.6. The summed E-state index contributed by atoms with van der Waals surface area (Å²) in [6, 6.07) is 0. The van der Waals surface area contributed by atoms with Gasteiger partial charge in [-0.15, -0.1) is 0 Å². The van der Waals surface area contributed by atoms with Gasteiger partial charge in [-0.25, -0.2) is 0 Å². The van der Waals surface area contributed by atoms with E-state index in [1.165, 1.54) is 0 Å². The number of carbonyl (C=O) groups excluding carboxylic acids is 2. The first-order valence-electron chi connectivity index (χ1n) is 3.31. The Morgan fingerprint density at radius 3 is 1.42 bits per heavy atom. The van der Waals surface area contributed by atoms with Crippen molar-refractivity contribution < 1.29 is 25.1 Å². The molecule has 0 heterocycles. The van der Waals surface area contributed by atoms with E-state index in [0.29, 0.717) is 0 Å². The molecule has 0 unspecified atom stereocenters. The van der Waals surface area contributed by atoms with Gasteiger partial charge in [0.25, 0.3) is 0 Å². The maximum absolute atomic E-state index is 11.0. The molecule has 0 aliphatic rings. The molecule has 0 radical (unpaired) electrons. The van der Waals surface area contributed by atoms with Crippen molar-refractivity contribution in [3.8, 4) is 0 Å². The Hall–Kier alpha value is 0.620. The second kappa shape index (κ2) is 3.40. The summed E-state index contributed by atoms with van der Waals surface area (Å²) >= 11 is -5.02. The van der Waals surface area contributed by atoms with E-state index < -0.39 is 28.7 Å². The Kier molecular flexibility index (Phi) is 3.58. The summed E-state index contributed by atoms with van der Waals surface area (Å²) in [4.78, 5) is 22.0. The van der Waals surface area contributed by atoms with Crippen molar-refractivity contribution in [1.29, 1.82) is 0 Å². The van der Waals surface area contributed by atoms with E-state index in [1.807, 2.05) is 0 Å². The number of hydrogen-bond acceptors (Lipinski definition) is 2. The van der Waals surface area contributed by atoms with Crippen LogP contribution in [-0.4, -0.2) is 13.2 Å². The van der Waals surface area contributed by atoms with E-state index in [9.17, 15) is 9.59 Å². The van der Waals surface area contributed by atoms with Crippen molar-refractivity contribution >= 4 is 30.2 Å². The van der Waals surface area contributed by atoms with Crippen molar-refractivity contribution in [1.82, 2.24) is 0 Å². The van der Waals surface area contributed by atoms with Gasteiger partial charge in [0.1, 0.15) is 0 Å². The zero-order valence-electron chi connectivity index (χ0n) is 6.80. The molecule has 0 aromatic rings. The number of nitrogens with two attached hydrogens (primary N) is 2. The molecule has 4 N–H and O–H groups in total. The molecule has 0 aliphatic heterocycles. The summed E-state index contributed by atoms with van der Waals surface area (Å²) in [5.74, 6) is -1.84. The number of primary amides is 2. The molecule has 0 bridgehead atoms. The normalized spacial score (nSPS) is 15.2. The predicted molar refractivity (Wildman–Crippen MR) is 49.7 cm³/mol. The number of halogens is 2. The molecule has 0 saturated heterocycles. The van der Waals surface area contributed by atoms with Gasteiger partial charge < -0.3 is 0 Å². The number of amides is 2. The van der Waals surface area contributed by atoms with Crippen molar-refractivity contribution in [2.24, 2.45) is 11.5 Å². The molecule has 12 heavy (non-hydrogen) atoms. The molecule has 0 fully saturated rings. The Balaban J connectivity index is 5.40. The van der Waals surface area contributed by atoms with E-state index in [4.69, 9.17) is 28.5 Å². The average molecular weight is 309 g/mol. The third kappa shape index (κ3) is 1.62. The van der Waals surface area contributed by atoms with Crippen molar-refractivity contribution in [2.45, 2.75) is 13.1 Å². The molecule has 0 saturated carbocycles. The molecule has 0 aromatic heterocycles. The molecular formula is C4H11Cl2N2O2SiZr. The fourth-order valence-corrected chi connectivity index (χ4v) is 10.8. The SMILES string of the molecule is C[SiH](C)[Zr]([Cl])([Cl])([C](N)=O)[C](N)=O. The van der Waals surface area contributed by atoms with Crippen molar-refractivity contribution in [3.63, 3.8) is 0 Å². The standard InChI is InChI=1S/C2H7Si.2CH2NO.2ClH.Zr/c1-3-2;2*2-1-3;;;/h3H,1-2H3;2*(H2,2,3);2*1H;/q;;;;;+2/p-2. The summed E-state index contributed by atoms with van der Waals surface area (Å²) in [5, 5.41) is 0. The van der Waals surface area contributed by atoms with Crippen molar-refractivity contribution in [2.75, 3.05) is 0 Å². The minimum atomic E-state index is -5.02. The summed E-state index contributed by atoms with van der Waals surface area (Å²) < 4.78 is -1.76. The van der Waals surface area contributed by atoms with Crippen LogP contribution in [0.15, 0.2) is 0 Å². The zero-order valence-corrected chi connectivity index (χ0v) is 11.9. The fourth-order valence-electron chi connectivity index (χ4n) is 0.690. The molecule has 4 nitrogen and oxygen atoms in total. The Morgan fingerprint density at radius 1 is 1.17 bits per heavy atom. The second-order valence-corrected chi connectivity index (χ2v) is 43.1. The molecule has 8 heteroatoms. The molecule has 0 aliphatic carbocycles. The molecule has 0 aromatic carbocycles. The predicted octanol–water partition coefficient (Wildman–Crippen LogP) is 1.12. The van der Waals surface area contributed by atoms with Crippen molar-refractivity contribution in [3.05, 3.63) is 0 Å². The van der Waals surface area contributed by atoms with Gasteiger partial charge in [0, 0.05) is 0 Å². The van der Waals surface area contributed by atoms with Crippen LogP contribution in [0, 0.1) is 0 Å². The van der Waals surface area contributed by atoms with Gasteiger partial charge >= 0.3 is 79.9 Å². The molecule has 0 spiro atoms. The minimum absolute atomic E-state index is 0.881. The topological polar surface area (TPSA) is 86.2 Å². The van der Waals surface area contributed by atoms with Crippen LogP contribution in [-0.2, 0) is 15.6 Å². The molecular weight excluding hydrogens is 298 g/mol. The first-order valence-corrected chi connectivity index (χ1v) is 19.2.